The molecule has 1 aromatic heterocycles. The predicted molar refractivity (Wildman–Crippen MR) is 99.4 cm³/mol. The van der Waals surface area contributed by atoms with Crippen molar-refractivity contribution in [2.75, 3.05) is 5.32 Å². The smallest absolute Gasteiger partial charge is 0.315 e. The molecular weight excluding hydrogens is 312 g/mol. The Morgan fingerprint density at radius 1 is 1.24 bits per heavy atom. The number of aryl methyl sites for hydroxylation is 3. The summed E-state index contributed by atoms with van der Waals surface area (Å²) in [5, 5.41) is 7.38. The van der Waals surface area contributed by atoms with Gasteiger partial charge < -0.3 is 10.2 Å². The molecule has 0 radical (unpaired) electrons. The molecule has 2 aromatic rings. The number of rotatable bonds is 2. The van der Waals surface area contributed by atoms with Gasteiger partial charge >= 0.3 is 6.03 Å². The molecule has 25 heavy (non-hydrogen) atoms. The maximum atomic E-state index is 12.9. The minimum absolute atomic E-state index is 0.0137. The summed E-state index contributed by atoms with van der Waals surface area (Å²) in [6.45, 7) is 4.10. The highest BCUT2D eigenvalue weighted by Crippen LogP contribution is 2.38. The summed E-state index contributed by atoms with van der Waals surface area (Å²) >= 11 is 0. The quantitative estimate of drug-likeness (QED) is 0.904. The largest absolute Gasteiger partial charge is 0.322 e. The molecule has 4 rings (SSSR count). The Hall–Kier alpha value is -2.56. The molecule has 0 unspecified atom stereocenters. The summed E-state index contributed by atoms with van der Waals surface area (Å²) in [6, 6.07) is 8.64. The summed E-state index contributed by atoms with van der Waals surface area (Å²) in [7, 11) is 1.97. The SMILES string of the molecule is Cc1ccc(NC(=O)N2[C@@H]3CC[C@@H]2C=C(c2ccnn2C)C3)c(C)c1. The second-order valence-corrected chi connectivity index (χ2v) is 7.19. The lowest BCUT2D eigenvalue weighted by Crippen LogP contribution is -2.45. The molecule has 1 fully saturated rings. The molecule has 1 N–H and O–H groups in total. The fourth-order valence-corrected chi connectivity index (χ4v) is 4.16. The molecule has 1 saturated heterocycles. The number of benzene rings is 1. The number of aromatic nitrogens is 2. The van der Waals surface area contributed by atoms with Crippen LogP contribution >= 0.6 is 0 Å². The lowest BCUT2D eigenvalue weighted by Gasteiger charge is -2.34. The number of nitrogens with one attached hydrogen (secondary N) is 1. The van der Waals surface area contributed by atoms with Crippen molar-refractivity contribution < 1.29 is 4.79 Å². The van der Waals surface area contributed by atoms with Crippen molar-refractivity contribution in [1.29, 1.82) is 0 Å². The minimum atomic E-state index is 0.0137. The van der Waals surface area contributed by atoms with Crippen LogP contribution in [0.2, 0.25) is 0 Å². The van der Waals surface area contributed by atoms with Crippen LogP contribution in [0.15, 0.2) is 36.5 Å². The molecule has 2 aliphatic heterocycles. The molecule has 2 bridgehead atoms. The first-order valence-electron chi connectivity index (χ1n) is 8.88. The first kappa shape index (κ1) is 15.9. The number of carbonyl (C=O) groups is 1. The van der Waals surface area contributed by atoms with E-state index in [0.717, 1.165) is 36.2 Å². The summed E-state index contributed by atoms with van der Waals surface area (Å²) in [5.74, 6) is 0. The fourth-order valence-electron chi connectivity index (χ4n) is 4.16. The average molecular weight is 336 g/mol. The van der Waals surface area contributed by atoms with Gasteiger partial charge in [0.2, 0.25) is 0 Å². The zero-order valence-corrected chi connectivity index (χ0v) is 15.0. The molecule has 2 amide bonds. The molecule has 0 saturated carbocycles. The van der Waals surface area contributed by atoms with Gasteiger partial charge in [-0.2, -0.15) is 5.10 Å². The third-order valence-electron chi connectivity index (χ3n) is 5.40. The third-order valence-corrected chi connectivity index (χ3v) is 5.40. The van der Waals surface area contributed by atoms with Crippen LogP contribution in [0.4, 0.5) is 10.5 Å². The number of amides is 2. The van der Waals surface area contributed by atoms with Gasteiger partial charge in [-0.15, -0.1) is 0 Å². The lowest BCUT2D eigenvalue weighted by atomic mass is 9.99. The second kappa shape index (κ2) is 6.06. The molecular formula is C20H24N4O. The standard InChI is InChI=1S/C20H24N4O/c1-13-4-7-18(14(2)10-13)22-20(25)24-16-5-6-17(24)12-15(11-16)19-8-9-21-23(19)3/h4,7-11,16-17H,5-6,12H2,1-3H3,(H,22,25)/t16-,17-/m1/s1. The number of hydrogen-bond acceptors (Lipinski definition) is 2. The molecule has 1 aromatic carbocycles. The maximum Gasteiger partial charge on any atom is 0.322 e. The van der Waals surface area contributed by atoms with Crippen molar-refractivity contribution in [3.8, 4) is 0 Å². The number of nitrogens with zero attached hydrogens (tertiary/aromatic N) is 3. The van der Waals surface area contributed by atoms with Crippen LogP contribution in [-0.4, -0.2) is 32.8 Å². The first-order valence-corrected chi connectivity index (χ1v) is 8.88. The Morgan fingerprint density at radius 3 is 2.76 bits per heavy atom. The summed E-state index contributed by atoms with van der Waals surface area (Å²) in [5.41, 5.74) is 5.67. The van der Waals surface area contributed by atoms with Crippen LogP contribution in [0.25, 0.3) is 5.57 Å². The van der Waals surface area contributed by atoms with Crippen molar-refractivity contribution in [3.05, 3.63) is 53.4 Å². The third kappa shape index (κ3) is 2.84. The molecule has 130 valence electrons. The molecule has 3 heterocycles. The number of carbonyl (C=O) groups excluding carboxylic acids is 1. The molecule has 5 heteroatoms. The van der Waals surface area contributed by atoms with E-state index in [4.69, 9.17) is 0 Å². The van der Waals surface area contributed by atoms with Crippen LogP contribution in [0.1, 0.15) is 36.1 Å². The van der Waals surface area contributed by atoms with E-state index in [1.165, 1.54) is 11.1 Å². The Labute approximate surface area is 148 Å². The van der Waals surface area contributed by atoms with Gasteiger partial charge in [0.1, 0.15) is 0 Å². The summed E-state index contributed by atoms with van der Waals surface area (Å²) < 4.78 is 1.91. The van der Waals surface area contributed by atoms with Gasteiger partial charge in [-0.1, -0.05) is 23.8 Å². The van der Waals surface area contributed by atoms with E-state index in [1.54, 1.807) is 0 Å². The average Bonchev–Trinajstić information content (AvgIpc) is 3.11. The van der Waals surface area contributed by atoms with E-state index in [-0.39, 0.29) is 18.1 Å². The highest BCUT2D eigenvalue weighted by molar-refractivity contribution is 5.91. The van der Waals surface area contributed by atoms with Crippen molar-refractivity contribution in [1.82, 2.24) is 14.7 Å². The highest BCUT2D eigenvalue weighted by atomic mass is 16.2. The van der Waals surface area contributed by atoms with Gasteiger partial charge in [-0.05, 0) is 56.4 Å². The predicted octanol–water partition coefficient (Wildman–Crippen LogP) is 3.89. The van der Waals surface area contributed by atoms with Gasteiger partial charge in [-0.3, -0.25) is 4.68 Å². The van der Waals surface area contributed by atoms with Crippen molar-refractivity contribution in [2.24, 2.45) is 7.05 Å². The first-order chi connectivity index (χ1) is 12.0. The Morgan fingerprint density at radius 2 is 2.08 bits per heavy atom. The Bertz CT molecular complexity index is 851. The van der Waals surface area contributed by atoms with Crippen LogP contribution < -0.4 is 5.32 Å². The number of urea groups is 1. The summed E-state index contributed by atoms with van der Waals surface area (Å²) in [6.07, 6.45) is 7.07. The number of fused-ring (bicyclic) bond motifs is 2. The topological polar surface area (TPSA) is 50.2 Å². The Balaban J connectivity index is 1.55. The number of anilines is 1. The monoisotopic (exact) mass is 336 g/mol. The van der Waals surface area contributed by atoms with Crippen LogP contribution in [-0.2, 0) is 7.05 Å². The lowest BCUT2D eigenvalue weighted by molar-refractivity contribution is 0.193. The van der Waals surface area contributed by atoms with Gasteiger partial charge in [0.15, 0.2) is 0 Å². The fraction of sp³-hybridized carbons (Fsp3) is 0.400. The van der Waals surface area contributed by atoms with E-state index >= 15 is 0 Å². The zero-order chi connectivity index (χ0) is 17.6. The van der Waals surface area contributed by atoms with Crippen LogP contribution in [0.5, 0.6) is 0 Å². The molecule has 5 nitrogen and oxygen atoms in total. The van der Waals surface area contributed by atoms with Crippen molar-refractivity contribution in [3.63, 3.8) is 0 Å². The van der Waals surface area contributed by atoms with Gasteiger partial charge in [0, 0.05) is 25.0 Å². The molecule has 0 aliphatic carbocycles. The van der Waals surface area contributed by atoms with Crippen LogP contribution in [0.3, 0.4) is 0 Å². The van der Waals surface area contributed by atoms with Crippen molar-refractivity contribution >= 4 is 17.3 Å². The van der Waals surface area contributed by atoms with E-state index in [0.29, 0.717) is 0 Å². The highest BCUT2D eigenvalue weighted by Gasteiger charge is 2.40. The van der Waals surface area contributed by atoms with E-state index < -0.39 is 0 Å². The zero-order valence-electron chi connectivity index (χ0n) is 15.0. The normalized spacial score (nSPS) is 22.0. The minimum Gasteiger partial charge on any atom is -0.315 e. The van der Waals surface area contributed by atoms with Crippen LogP contribution in [0, 0.1) is 13.8 Å². The van der Waals surface area contributed by atoms with E-state index in [9.17, 15) is 4.79 Å². The van der Waals surface area contributed by atoms with Gasteiger partial charge in [0.05, 0.1) is 11.7 Å². The maximum absolute atomic E-state index is 12.9. The second-order valence-electron chi connectivity index (χ2n) is 7.19. The number of hydrogen-bond donors (Lipinski definition) is 1. The molecule has 0 spiro atoms. The van der Waals surface area contributed by atoms with Crippen molar-refractivity contribution in [2.45, 2.75) is 45.2 Å². The Kier molecular flexibility index (Phi) is 3.86. The van der Waals surface area contributed by atoms with E-state index in [1.807, 2.05) is 41.9 Å². The van der Waals surface area contributed by atoms with E-state index in [2.05, 4.69) is 35.5 Å². The molecule has 2 atom stereocenters. The summed E-state index contributed by atoms with van der Waals surface area (Å²) in [4.78, 5) is 14.9. The van der Waals surface area contributed by atoms with Gasteiger partial charge in [-0.25, -0.2) is 4.79 Å². The van der Waals surface area contributed by atoms with Gasteiger partial charge in [0.25, 0.3) is 0 Å². The molecule has 2 aliphatic rings.